The first-order valence-corrected chi connectivity index (χ1v) is 6.99. The molecule has 6 heteroatoms. The first-order chi connectivity index (χ1) is 8.65. The lowest BCUT2D eigenvalue weighted by Gasteiger charge is -2.03. The molecule has 0 bridgehead atoms. The standard InChI is InChI=1S/C12H20N2O3S/c1-3-4-7-17-8-5-6-13-12-14-10(11(15)16)9(2)18-12/h3-8H2,1-2H3,(H,13,14)(H,15,16). The molecule has 1 rings (SSSR count). The number of hydrogen-bond donors (Lipinski definition) is 2. The zero-order valence-corrected chi connectivity index (χ0v) is 11.7. The maximum Gasteiger partial charge on any atom is 0.355 e. The predicted molar refractivity (Wildman–Crippen MR) is 72.6 cm³/mol. The third-order valence-corrected chi connectivity index (χ3v) is 3.31. The molecule has 102 valence electrons. The van der Waals surface area contributed by atoms with Crippen molar-refractivity contribution in [1.82, 2.24) is 4.98 Å². The molecule has 1 aromatic rings. The van der Waals surface area contributed by atoms with Crippen molar-refractivity contribution in [2.75, 3.05) is 25.1 Å². The van der Waals surface area contributed by atoms with E-state index in [1.54, 1.807) is 6.92 Å². The fourth-order valence-corrected chi connectivity index (χ4v) is 2.22. The molecule has 0 aliphatic rings. The van der Waals surface area contributed by atoms with E-state index in [0.29, 0.717) is 5.13 Å². The van der Waals surface area contributed by atoms with Crippen LogP contribution in [-0.2, 0) is 4.74 Å². The van der Waals surface area contributed by atoms with Gasteiger partial charge in [-0.15, -0.1) is 11.3 Å². The molecule has 0 aliphatic heterocycles. The van der Waals surface area contributed by atoms with E-state index in [-0.39, 0.29) is 5.69 Å². The number of nitrogens with one attached hydrogen (secondary N) is 1. The smallest absolute Gasteiger partial charge is 0.355 e. The van der Waals surface area contributed by atoms with E-state index in [2.05, 4.69) is 17.2 Å². The maximum absolute atomic E-state index is 10.8. The second kappa shape index (κ2) is 8.05. The van der Waals surface area contributed by atoms with Crippen LogP contribution in [0.2, 0.25) is 0 Å². The summed E-state index contributed by atoms with van der Waals surface area (Å²) in [4.78, 5) is 15.6. The van der Waals surface area contributed by atoms with E-state index < -0.39 is 5.97 Å². The Morgan fingerprint density at radius 2 is 2.17 bits per heavy atom. The molecule has 0 fully saturated rings. The van der Waals surface area contributed by atoms with Crippen molar-refractivity contribution in [2.45, 2.75) is 33.1 Å². The summed E-state index contributed by atoms with van der Waals surface area (Å²) in [7, 11) is 0. The fraction of sp³-hybridized carbons (Fsp3) is 0.667. The number of aryl methyl sites for hydroxylation is 1. The highest BCUT2D eigenvalue weighted by Crippen LogP contribution is 2.21. The average molecular weight is 272 g/mol. The summed E-state index contributed by atoms with van der Waals surface area (Å²) in [5.41, 5.74) is 0.140. The summed E-state index contributed by atoms with van der Waals surface area (Å²) >= 11 is 1.37. The topological polar surface area (TPSA) is 71.5 Å². The molecule has 0 amide bonds. The van der Waals surface area contributed by atoms with Crippen LogP contribution >= 0.6 is 11.3 Å². The van der Waals surface area contributed by atoms with Crippen molar-refractivity contribution in [3.8, 4) is 0 Å². The molecule has 0 unspecified atom stereocenters. The Morgan fingerprint density at radius 1 is 1.44 bits per heavy atom. The van der Waals surface area contributed by atoms with Crippen molar-refractivity contribution >= 4 is 22.4 Å². The first kappa shape index (κ1) is 14.9. The Labute approximate surface area is 111 Å². The molecule has 1 aromatic heterocycles. The van der Waals surface area contributed by atoms with Crippen LogP contribution in [0, 0.1) is 6.92 Å². The Balaban J connectivity index is 2.19. The number of aromatic carboxylic acids is 1. The SMILES string of the molecule is CCCCOCCCNc1nc(C(=O)O)c(C)s1. The molecule has 5 nitrogen and oxygen atoms in total. The highest BCUT2D eigenvalue weighted by molar-refractivity contribution is 7.15. The number of ether oxygens (including phenoxy) is 1. The molecule has 0 radical (unpaired) electrons. The van der Waals surface area contributed by atoms with Gasteiger partial charge >= 0.3 is 5.97 Å². The van der Waals surface area contributed by atoms with Crippen molar-refractivity contribution in [3.63, 3.8) is 0 Å². The van der Waals surface area contributed by atoms with Gasteiger partial charge in [0.25, 0.3) is 0 Å². The number of carboxylic acids is 1. The number of unbranched alkanes of at least 4 members (excludes halogenated alkanes) is 1. The normalized spacial score (nSPS) is 10.6. The van der Waals surface area contributed by atoms with Crippen LogP contribution in [0.15, 0.2) is 0 Å². The van der Waals surface area contributed by atoms with E-state index in [9.17, 15) is 4.79 Å². The van der Waals surface area contributed by atoms with Crippen molar-refractivity contribution in [2.24, 2.45) is 0 Å². The quantitative estimate of drug-likeness (QED) is 0.676. The second-order valence-electron chi connectivity index (χ2n) is 3.98. The van der Waals surface area contributed by atoms with E-state index in [1.165, 1.54) is 11.3 Å². The lowest BCUT2D eigenvalue weighted by molar-refractivity contribution is 0.0690. The van der Waals surface area contributed by atoms with Gasteiger partial charge in [-0.2, -0.15) is 0 Å². The molecular weight excluding hydrogens is 252 g/mol. The zero-order chi connectivity index (χ0) is 13.4. The fourth-order valence-electron chi connectivity index (χ4n) is 1.39. The second-order valence-corrected chi connectivity index (χ2v) is 5.18. The molecule has 18 heavy (non-hydrogen) atoms. The number of carbonyl (C=O) groups is 1. The van der Waals surface area contributed by atoms with Gasteiger partial charge in [0.1, 0.15) is 0 Å². The molecule has 0 aliphatic carbocycles. The number of carboxylic acid groups (broad SMARTS) is 1. The summed E-state index contributed by atoms with van der Waals surface area (Å²) < 4.78 is 5.43. The van der Waals surface area contributed by atoms with Gasteiger partial charge in [0.2, 0.25) is 0 Å². The van der Waals surface area contributed by atoms with Crippen LogP contribution in [0.25, 0.3) is 0 Å². The molecule has 2 N–H and O–H groups in total. The largest absolute Gasteiger partial charge is 0.476 e. The van der Waals surface area contributed by atoms with E-state index >= 15 is 0 Å². The summed E-state index contributed by atoms with van der Waals surface area (Å²) in [6.45, 7) is 6.19. The van der Waals surface area contributed by atoms with Gasteiger partial charge in [-0.3, -0.25) is 0 Å². The van der Waals surface area contributed by atoms with Crippen molar-refractivity contribution < 1.29 is 14.6 Å². The molecule has 0 aromatic carbocycles. The van der Waals surface area contributed by atoms with Gasteiger partial charge in [-0.05, 0) is 19.8 Å². The molecule has 0 spiro atoms. The Bertz CT molecular complexity index is 379. The monoisotopic (exact) mass is 272 g/mol. The van der Waals surface area contributed by atoms with Gasteiger partial charge in [-0.25, -0.2) is 9.78 Å². The summed E-state index contributed by atoms with van der Waals surface area (Å²) in [5, 5.41) is 12.6. The van der Waals surface area contributed by atoms with Gasteiger partial charge in [0, 0.05) is 24.6 Å². The Hall–Kier alpha value is -1.14. The van der Waals surface area contributed by atoms with E-state index in [1.807, 2.05) is 0 Å². The molecule has 0 saturated carbocycles. The van der Waals surface area contributed by atoms with Crippen LogP contribution in [0.4, 0.5) is 5.13 Å². The zero-order valence-electron chi connectivity index (χ0n) is 10.9. The van der Waals surface area contributed by atoms with Crippen LogP contribution in [0.1, 0.15) is 41.6 Å². The van der Waals surface area contributed by atoms with Gasteiger partial charge in [0.15, 0.2) is 10.8 Å². The van der Waals surface area contributed by atoms with E-state index in [0.717, 1.165) is 43.9 Å². The first-order valence-electron chi connectivity index (χ1n) is 6.17. The summed E-state index contributed by atoms with van der Waals surface area (Å²) in [6, 6.07) is 0. The number of rotatable bonds is 9. The highest BCUT2D eigenvalue weighted by Gasteiger charge is 2.13. The minimum atomic E-state index is -0.973. The average Bonchev–Trinajstić information content (AvgIpc) is 2.69. The maximum atomic E-state index is 10.8. The molecular formula is C12H20N2O3S. The third-order valence-electron chi connectivity index (χ3n) is 2.38. The molecule has 0 saturated heterocycles. The number of anilines is 1. The van der Waals surface area contributed by atoms with Gasteiger partial charge in [-0.1, -0.05) is 13.3 Å². The van der Waals surface area contributed by atoms with Crippen LogP contribution < -0.4 is 5.32 Å². The van der Waals surface area contributed by atoms with Crippen molar-refractivity contribution in [1.29, 1.82) is 0 Å². The molecule has 0 atom stereocenters. The van der Waals surface area contributed by atoms with Gasteiger partial charge < -0.3 is 15.2 Å². The third kappa shape index (κ3) is 5.01. The molecule has 1 heterocycles. The Morgan fingerprint density at radius 3 is 2.78 bits per heavy atom. The van der Waals surface area contributed by atoms with Crippen molar-refractivity contribution in [3.05, 3.63) is 10.6 Å². The number of nitrogens with zero attached hydrogens (tertiary/aromatic N) is 1. The lowest BCUT2D eigenvalue weighted by atomic mass is 10.4. The van der Waals surface area contributed by atoms with Crippen LogP contribution in [0.3, 0.4) is 0 Å². The predicted octanol–water partition coefficient (Wildman–Crippen LogP) is 2.77. The summed E-state index contributed by atoms with van der Waals surface area (Å²) in [5.74, 6) is -0.973. The summed E-state index contributed by atoms with van der Waals surface area (Å²) in [6.07, 6.45) is 3.14. The highest BCUT2D eigenvalue weighted by atomic mass is 32.1. The van der Waals surface area contributed by atoms with Crippen LogP contribution in [0.5, 0.6) is 0 Å². The van der Waals surface area contributed by atoms with E-state index in [4.69, 9.17) is 9.84 Å². The number of aromatic nitrogens is 1. The Kier molecular flexibility index (Phi) is 6.67. The number of thiazole rings is 1. The minimum absolute atomic E-state index is 0.140. The lowest BCUT2D eigenvalue weighted by Crippen LogP contribution is -2.06. The van der Waals surface area contributed by atoms with Gasteiger partial charge in [0.05, 0.1) is 0 Å². The minimum Gasteiger partial charge on any atom is -0.476 e. The number of hydrogen-bond acceptors (Lipinski definition) is 5. The van der Waals surface area contributed by atoms with Crippen LogP contribution in [-0.4, -0.2) is 35.8 Å².